The molecule has 0 atom stereocenters. The average Bonchev–Trinajstić information content (AvgIpc) is 2.70. The summed E-state index contributed by atoms with van der Waals surface area (Å²) in [6.07, 6.45) is 4.21. The molecule has 0 radical (unpaired) electrons. The number of carbonyl (C=O) groups is 1. The molecule has 0 spiro atoms. The van der Waals surface area contributed by atoms with E-state index in [1.807, 2.05) is 31.1 Å². The molecule has 0 aromatic carbocycles. The monoisotopic (exact) mass is 265 g/mol. The predicted molar refractivity (Wildman–Crippen MR) is 72.9 cm³/mol. The van der Waals surface area contributed by atoms with Crippen LogP contribution in [0.5, 0.6) is 0 Å². The van der Waals surface area contributed by atoms with Crippen molar-refractivity contribution in [2.24, 2.45) is 0 Å². The van der Waals surface area contributed by atoms with Gasteiger partial charge >= 0.3 is 0 Å². The Labute approximate surface area is 114 Å². The minimum atomic E-state index is 0.113. The Bertz CT molecular complexity index is 434. The van der Waals surface area contributed by atoms with Crippen LogP contribution in [0.25, 0.3) is 0 Å². The second-order valence-electron chi connectivity index (χ2n) is 5.73. The second kappa shape index (κ2) is 5.74. The van der Waals surface area contributed by atoms with Gasteiger partial charge in [-0.25, -0.2) is 0 Å². The molecule has 5 heteroatoms. The molecule has 2 rings (SSSR count). The van der Waals surface area contributed by atoms with E-state index in [2.05, 4.69) is 18.9 Å². The Morgan fingerprint density at radius 2 is 2.11 bits per heavy atom. The van der Waals surface area contributed by atoms with E-state index in [1.54, 1.807) is 4.68 Å². The summed E-state index contributed by atoms with van der Waals surface area (Å²) in [5.41, 5.74) is 1.16. The highest BCUT2D eigenvalue weighted by Gasteiger charge is 2.31. The van der Waals surface area contributed by atoms with Gasteiger partial charge in [-0.05, 0) is 25.3 Å². The number of hydrogen-bond donors (Lipinski definition) is 0. The van der Waals surface area contributed by atoms with Gasteiger partial charge in [-0.15, -0.1) is 0 Å². The Kier molecular flexibility index (Phi) is 4.24. The average molecular weight is 265 g/mol. The molecule has 19 heavy (non-hydrogen) atoms. The fourth-order valence-electron chi connectivity index (χ4n) is 2.12. The van der Waals surface area contributed by atoms with Crippen LogP contribution in [0.1, 0.15) is 39.2 Å². The Balaban J connectivity index is 1.79. The van der Waals surface area contributed by atoms with Crippen LogP contribution in [0.4, 0.5) is 0 Å². The smallest absolute Gasteiger partial charge is 0.244 e. The highest BCUT2D eigenvalue weighted by atomic mass is 16.5. The lowest BCUT2D eigenvalue weighted by Crippen LogP contribution is -2.56. The van der Waals surface area contributed by atoms with Crippen LogP contribution in [0.15, 0.2) is 12.4 Å². The van der Waals surface area contributed by atoms with Crippen LogP contribution >= 0.6 is 0 Å². The van der Waals surface area contributed by atoms with Crippen molar-refractivity contribution >= 4 is 5.91 Å². The summed E-state index contributed by atoms with van der Waals surface area (Å²) in [5, 5.41) is 4.22. The summed E-state index contributed by atoms with van der Waals surface area (Å²) in [7, 11) is 0. The topological polar surface area (TPSA) is 47.4 Å². The van der Waals surface area contributed by atoms with Crippen molar-refractivity contribution in [3.8, 4) is 0 Å². The molecule has 1 aromatic rings. The number of nitrogens with zero attached hydrogens (tertiary/aromatic N) is 3. The van der Waals surface area contributed by atoms with Crippen molar-refractivity contribution in [2.75, 3.05) is 13.1 Å². The molecule has 1 aromatic heterocycles. The normalized spacial score (nSPS) is 16.2. The van der Waals surface area contributed by atoms with Crippen LogP contribution in [0, 0.1) is 0 Å². The highest BCUT2D eigenvalue weighted by Crippen LogP contribution is 2.15. The van der Waals surface area contributed by atoms with Gasteiger partial charge < -0.3 is 9.64 Å². The Morgan fingerprint density at radius 3 is 2.63 bits per heavy atom. The van der Waals surface area contributed by atoms with Crippen molar-refractivity contribution in [3.63, 3.8) is 0 Å². The summed E-state index contributed by atoms with van der Waals surface area (Å²) in [6, 6.07) is 0. The third kappa shape index (κ3) is 3.56. The quantitative estimate of drug-likeness (QED) is 0.813. The zero-order chi connectivity index (χ0) is 14.0. The van der Waals surface area contributed by atoms with Crippen LogP contribution in [0.3, 0.4) is 0 Å². The fraction of sp³-hybridized carbons (Fsp3) is 0.714. The standard InChI is InChI=1S/C14H23N3O2/c1-10(2)12-5-15-17(6-12)9-14(18)16-7-13(8-16)19-11(3)4/h5-6,10-11,13H,7-9H2,1-4H3. The van der Waals surface area contributed by atoms with E-state index in [0.717, 1.165) is 5.56 Å². The molecule has 0 aliphatic carbocycles. The number of rotatable bonds is 5. The van der Waals surface area contributed by atoms with E-state index in [0.29, 0.717) is 25.6 Å². The molecule has 5 nitrogen and oxygen atoms in total. The van der Waals surface area contributed by atoms with Gasteiger partial charge in [-0.3, -0.25) is 9.48 Å². The van der Waals surface area contributed by atoms with Gasteiger partial charge in [-0.1, -0.05) is 13.8 Å². The van der Waals surface area contributed by atoms with Gasteiger partial charge in [0.1, 0.15) is 6.54 Å². The molecule has 0 unspecified atom stereocenters. The van der Waals surface area contributed by atoms with Gasteiger partial charge in [0.05, 0.1) is 18.4 Å². The number of likely N-dealkylation sites (tertiary alicyclic amines) is 1. The summed E-state index contributed by atoms with van der Waals surface area (Å²) < 4.78 is 7.35. The van der Waals surface area contributed by atoms with Gasteiger partial charge in [0, 0.05) is 19.3 Å². The molecule has 1 saturated heterocycles. The highest BCUT2D eigenvalue weighted by molar-refractivity contribution is 5.76. The van der Waals surface area contributed by atoms with Crippen molar-refractivity contribution in [1.29, 1.82) is 0 Å². The molecule has 0 N–H and O–H groups in total. The van der Waals surface area contributed by atoms with Gasteiger partial charge in [-0.2, -0.15) is 5.10 Å². The lowest BCUT2D eigenvalue weighted by molar-refractivity contribution is -0.148. The molecule has 1 fully saturated rings. The molecule has 0 bridgehead atoms. The van der Waals surface area contributed by atoms with E-state index in [4.69, 9.17) is 4.74 Å². The maximum Gasteiger partial charge on any atom is 0.244 e. The van der Waals surface area contributed by atoms with Crippen LogP contribution in [-0.4, -0.2) is 45.9 Å². The minimum Gasteiger partial charge on any atom is -0.372 e. The number of carbonyl (C=O) groups excluding carboxylic acids is 1. The zero-order valence-corrected chi connectivity index (χ0v) is 12.2. The molecule has 2 heterocycles. The molecule has 1 aliphatic heterocycles. The first kappa shape index (κ1) is 14.1. The van der Waals surface area contributed by atoms with Crippen molar-refractivity contribution in [1.82, 2.24) is 14.7 Å². The fourth-order valence-corrected chi connectivity index (χ4v) is 2.12. The number of ether oxygens (including phenoxy) is 1. The number of hydrogen-bond acceptors (Lipinski definition) is 3. The molecule has 1 aliphatic rings. The second-order valence-corrected chi connectivity index (χ2v) is 5.73. The molecular formula is C14H23N3O2. The summed E-state index contributed by atoms with van der Waals surface area (Å²) >= 11 is 0. The van der Waals surface area contributed by atoms with Crippen LogP contribution in [0.2, 0.25) is 0 Å². The van der Waals surface area contributed by atoms with E-state index in [-0.39, 0.29) is 18.1 Å². The van der Waals surface area contributed by atoms with Gasteiger partial charge in [0.15, 0.2) is 0 Å². The minimum absolute atomic E-state index is 0.113. The van der Waals surface area contributed by atoms with Gasteiger partial charge in [0.2, 0.25) is 5.91 Å². The lowest BCUT2D eigenvalue weighted by Gasteiger charge is -2.39. The maximum absolute atomic E-state index is 12.0. The van der Waals surface area contributed by atoms with Gasteiger partial charge in [0.25, 0.3) is 0 Å². The molecular weight excluding hydrogens is 242 g/mol. The first-order chi connectivity index (χ1) is 8.95. The maximum atomic E-state index is 12.0. The van der Waals surface area contributed by atoms with Crippen LogP contribution in [-0.2, 0) is 16.1 Å². The third-order valence-electron chi connectivity index (χ3n) is 3.28. The third-order valence-corrected chi connectivity index (χ3v) is 3.28. The van der Waals surface area contributed by atoms with E-state index >= 15 is 0 Å². The Hall–Kier alpha value is -1.36. The largest absolute Gasteiger partial charge is 0.372 e. The SMILES string of the molecule is CC(C)OC1CN(C(=O)Cn2cc(C(C)C)cn2)C1. The summed E-state index contributed by atoms with van der Waals surface area (Å²) in [6.45, 7) is 9.99. The lowest BCUT2D eigenvalue weighted by atomic mass is 10.1. The first-order valence-corrected chi connectivity index (χ1v) is 6.91. The van der Waals surface area contributed by atoms with E-state index in [9.17, 15) is 4.79 Å². The predicted octanol–water partition coefficient (Wildman–Crippen LogP) is 1.64. The summed E-state index contributed by atoms with van der Waals surface area (Å²) in [5.74, 6) is 0.554. The van der Waals surface area contributed by atoms with Crippen molar-refractivity contribution in [2.45, 2.75) is 52.4 Å². The van der Waals surface area contributed by atoms with E-state index in [1.165, 1.54) is 0 Å². The van der Waals surface area contributed by atoms with Crippen molar-refractivity contribution in [3.05, 3.63) is 18.0 Å². The number of amides is 1. The summed E-state index contributed by atoms with van der Waals surface area (Å²) in [4.78, 5) is 13.8. The molecule has 106 valence electrons. The zero-order valence-electron chi connectivity index (χ0n) is 12.2. The van der Waals surface area contributed by atoms with Crippen molar-refractivity contribution < 1.29 is 9.53 Å². The van der Waals surface area contributed by atoms with Crippen LogP contribution < -0.4 is 0 Å². The number of aromatic nitrogens is 2. The Morgan fingerprint density at radius 1 is 1.42 bits per heavy atom. The van der Waals surface area contributed by atoms with E-state index < -0.39 is 0 Å². The molecule has 1 amide bonds. The molecule has 0 saturated carbocycles. The first-order valence-electron chi connectivity index (χ1n) is 6.91.